The van der Waals surface area contributed by atoms with Crippen LogP contribution >= 0.6 is 0 Å². The summed E-state index contributed by atoms with van der Waals surface area (Å²) in [7, 11) is 1.73. The standard InChI is InChI=1S/C19H21NO2/c1-14(19(22)13-21)12-18(20-2)17-10-8-16(9-11-17)15-6-4-3-5-7-15/h3-11,14,21H,12-13H2,1-2H3/t14-/m0/s1. The van der Waals surface area contributed by atoms with Crippen LogP contribution in [0, 0.1) is 5.92 Å². The topological polar surface area (TPSA) is 49.7 Å². The van der Waals surface area contributed by atoms with Gasteiger partial charge in [0.05, 0.1) is 0 Å². The monoisotopic (exact) mass is 295 g/mol. The highest BCUT2D eigenvalue weighted by atomic mass is 16.3. The first-order valence-corrected chi connectivity index (χ1v) is 7.40. The number of ketones is 1. The van der Waals surface area contributed by atoms with Gasteiger partial charge in [0, 0.05) is 18.7 Å². The summed E-state index contributed by atoms with van der Waals surface area (Å²) in [5.41, 5.74) is 4.22. The van der Waals surface area contributed by atoms with Crippen LogP contribution in [0.5, 0.6) is 0 Å². The number of benzene rings is 2. The largest absolute Gasteiger partial charge is 0.389 e. The molecule has 0 spiro atoms. The molecule has 0 fully saturated rings. The predicted octanol–water partition coefficient (Wildman–Crippen LogP) is 3.36. The van der Waals surface area contributed by atoms with Crippen molar-refractivity contribution < 1.29 is 9.90 Å². The average molecular weight is 295 g/mol. The Labute approximate surface area is 131 Å². The highest BCUT2D eigenvalue weighted by Crippen LogP contribution is 2.20. The van der Waals surface area contributed by atoms with Crippen LogP contribution in [-0.2, 0) is 4.79 Å². The van der Waals surface area contributed by atoms with Crippen molar-refractivity contribution in [2.24, 2.45) is 10.9 Å². The minimum Gasteiger partial charge on any atom is -0.389 e. The van der Waals surface area contributed by atoms with E-state index in [-0.39, 0.29) is 11.7 Å². The molecule has 1 atom stereocenters. The van der Waals surface area contributed by atoms with Gasteiger partial charge < -0.3 is 5.11 Å². The lowest BCUT2D eigenvalue weighted by Crippen LogP contribution is -2.19. The maximum absolute atomic E-state index is 11.5. The van der Waals surface area contributed by atoms with Gasteiger partial charge in [-0.15, -0.1) is 0 Å². The van der Waals surface area contributed by atoms with E-state index in [1.165, 1.54) is 5.56 Å². The first-order valence-electron chi connectivity index (χ1n) is 7.40. The third kappa shape index (κ3) is 3.89. The van der Waals surface area contributed by atoms with Gasteiger partial charge in [-0.1, -0.05) is 61.5 Å². The summed E-state index contributed by atoms with van der Waals surface area (Å²) in [6.07, 6.45) is 0.542. The Morgan fingerprint density at radius 2 is 1.64 bits per heavy atom. The number of aliphatic hydroxyl groups excluding tert-OH is 1. The molecule has 0 aliphatic rings. The molecule has 0 bridgehead atoms. The lowest BCUT2D eigenvalue weighted by atomic mass is 9.94. The molecule has 1 N–H and O–H groups in total. The van der Waals surface area contributed by atoms with Gasteiger partial charge in [-0.3, -0.25) is 9.79 Å². The van der Waals surface area contributed by atoms with Crippen LogP contribution in [0.1, 0.15) is 18.9 Å². The number of nitrogens with zero attached hydrogens (tertiary/aromatic N) is 1. The molecular formula is C19H21NO2. The quantitative estimate of drug-likeness (QED) is 0.831. The molecule has 0 saturated carbocycles. The van der Waals surface area contributed by atoms with Gasteiger partial charge in [0.25, 0.3) is 0 Å². The number of hydrogen-bond acceptors (Lipinski definition) is 3. The van der Waals surface area contributed by atoms with Crippen LogP contribution in [0.2, 0.25) is 0 Å². The Bertz CT molecular complexity index is 645. The van der Waals surface area contributed by atoms with Gasteiger partial charge in [-0.25, -0.2) is 0 Å². The number of aliphatic imine (C=N–C) groups is 1. The molecule has 2 aromatic rings. The fraction of sp³-hybridized carbons (Fsp3) is 0.263. The van der Waals surface area contributed by atoms with Crippen LogP contribution in [0.4, 0.5) is 0 Å². The molecule has 114 valence electrons. The van der Waals surface area contributed by atoms with Crippen molar-refractivity contribution in [3.63, 3.8) is 0 Å². The Morgan fingerprint density at radius 3 is 2.18 bits per heavy atom. The summed E-state index contributed by atoms with van der Waals surface area (Å²) in [6, 6.07) is 18.4. The number of Topliss-reactive ketones (excluding diaryl/α,β-unsaturated/α-hetero) is 1. The predicted molar refractivity (Wildman–Crippen MR) is 90.2 cm³/mol. The Kier molecular flexibility index (Phi) is 5.61. The molecule has 0 aliphatic carbocycles. The number of aliphatic hydroxyl groups is 1. The van der Waals surface area contributed by atoms with Crippen molar-refractivity contribution in [1.29, 1.82) is 0 Å². The first kappa shape index (κ1) is 16.1. The number of carbonyl (C=O) groups is 1. The van der Waals surface area contributed by atoms with E-state index in [2.05, 4.69) is 29.3 Å². The van der Waals surface area contributed by atoms with Gasteiger partial charge >= 0.3 is 0 Å². The summed E-state index contributed by atoms with van der Waals surface area (Å²) in [5, 5.41) is 8.93. The Balaban J connectivity index is 2.16. The Morgan fingerprint density at radius 1 is 1.05 bits per heavy atom. The fourth-order valence-electron chi connectivity index (χ4n) is 2.38. The molecule has 0 saturated heterocycles. The van der Waals surface area contributed by atoms with E-state index in [1.807, 2.05) is 37.3 Å². The summed E-state index contributed by atoms with van der Waals surface area (Å²) in [4.78, 5) is 15.8. The molecule has 0 aromatic heterocycles. The molecule has 0 amide bonds. The third-order valence-corrected chi connectivity index (χ3v) is 3.80. The highest BCUT2D eigenvalue weighted by Gasteiger charge is 2.15. The molecule has 0 heterocycles. The lowest BCUT2D eigenvalue weighted by Gasteiger charge is -2.12. The van der Waals surface area contributed by atoms with E-state index in [0.717, 1.165) is 16.8 Å². The third-order valence-electron chi connectivity index (χ3n) is 3.80. The van der Waals surface area contributed by atoms with Crippen molar-refractivity contribution in [2.45, 2.75) is 13.3 Å². The maximum Gasteiger partial charge on any atom is 0.161 e. The molecule has 0 aliphatic heterocycles. The zero-order chi connectivity index (χ0) is 15.9. The second-order valence-electron chi connectivity index (χ2n) is 5.34. The van der Waals surface area contributed by atoms with E-state index < -0.39 is 6.61 Å². The van der Waals surface area contributed by atoms with E-state index in [4.69, 9.17) is 5.11 Å². The minimum atomic E-state index is -0.412. The van der Waals surface area contributed by atoms with Crippen LogP contribution in [0.3, 0.4) is 0 Å². The average Bonchev–Trinajstić information content (AvgIpc) is 2.59. The molecule has 2 aromatic carbocycles. The fourth-order valence-corrected chi connectivity index (χ4v) is 2.38. The van der Waals surface area contributed by atoms with E-state index in [0.29, 0.717) is 6.42 Å². The van der Waals surface area contributed by atoms with Crippen molar-refractivity contribution >= 4 is 11.5 Å². The minimum absolute atomic E-state index is 0.151. The van der Waals surface area contributed by atoms with Crippen LogP contribution in [0.25, 0.3) is 11.1 Å². The zero-order valence-electron chi connectivity index (χ0n) is 13.0. The Hall–Kier alpha value is -2.26. The van der Waals surface area contributed by atoms with Crippen molar-refractivity contribution in [2.75, 3.05) is 13.7 Å². The molecular weight excluding hydrogens is 274 g/mol. The molecule has 0 unspecified atom stereocenters. The summed E-state index contributed by atoms with van der Waals surface area (Å²) < 4.78 is 0. The van der Waals surface area contributed by atoms with Gasteiger partial charge in [0.2, 0.25) is 0 Å². The van der Waals surface area contributed by atoms with Gasteiger partial charge in [0.1, 0.15) is 6.61 Å². The summed E-state index contributed by atoms with van der Waals surface area (Å²) in [5.74, 6) is -0.375. The van der Waals surface area contributed by atoms with Crippen molar-refractivity contribution in [3.05, 3.63) is 60.2 Å². The van der Waals surface area contributed by atoms with E-state index in [9.17, 15) is 4.79 Å². The number of rotatable bonds is 6. The van der Waals surface area contributed by atoms with Crippen LogP contribution in [-0.4, -0.2) is 30.3 Å². The highest BCUT2D eigenvalue weighted by molar-refractivity contribution is 6.03. The molecule has 0 radical (unpaired) electrons. The van der Waals surface area contributed by atoms with Crippen LogP contribution < -0.4 is 0 Å². The first-order chi connectivity index (χ1) is 10.7. The van der Waals surface area contributed by atoms with E-state index >= 15 is 0 Å². The zero-order valence-corrected chi connectivity index (χ0v) is 13.0. The normalized spacial score (nSPS) is 13.0. The molecule has 22 heavy (non-hydrogen) atoms. The lowest BCUT2D eigenvalue weighted by molar-refractivity contribution is -0.124. The maximum atomic E-state index is 11.5. The molecule has 3 nitrogen and oxygen atoms in total. The number of carbonyl (C=O) groups excluding carboxylic acids is 1. The summed E-state index contributed by atoms with van der Waals surface area (Å²) in [6.45, 7) is 1.41. The van der Waals surface area contributed by atoms with Crippen LogP contribution in [0.15, 0.2) is 59.6 Å². The van der Waals surface area contributed by atoms with Crippen molar-refractivity contribution in [1.82, 2.24) is 0 Å². The second kappa shape index (κ2) is 7.66. The SMILES string of the molecule is CN=C(C[C@H](C)C(=O)CO)c1ccc(-c2ccccc2)cc1. The smallest absolute Gasteiger partial charge is 0.161 e. The second-order valence-corrected chi connectivity index (χ2v) is 5.34. The molecule has 3 heteroatoms. The summed E-state index contributed by atoms with van der Waals surface area (Å²) >= 11 is 0. The van der Waals surface area contributed by atoms with Gasteiger partial charge in [-0.2, -0.15) is 0 Å². The van der Waals surface area contributed by atoms with Crippen molar-refractivity contribution in [3.8, 4) is 11.1 Å². The molecule has 2 rings (SSSR count). The van der Waals surface area contributed by atoms with E-state index in [1.54, 1.807) is 7.05 Å². The van der Waals surface area contributed by atoms with Gasteiger partial charge in [-0.05, 0) is 23.1 Å². The van der Waals surface area contributed by atoms with Gasteiger partial charge in [0.15, 0.2) is 5.78 Å². The number of hydrogen-bond donors (Lipinski definition) is 1.